The molecule has 0 spiro atoms. The van der Waals surface area contributed by atoms with E-state index in [-0.39, 0.29) is 0 Å². The molecule has 0 saturated carbocycles. The Morgan fingerprint density at radius 3 is 2.61 bits per heavy atom. The van der Waals surface area contributed by atoms with Crippen LogP contribution < -0.4 is 5.43 Å². The summed E-state index contributed by atoms with van der Waals surface area (Å²) < 4.78 is 5.15. The van der Waals surface area contributed by atoms with Crippen LogP contribution in [0.1, 0.15) is 11.1 Å². The zero-order chi connectivity index (χ0) is 12.8. The normalized spacial score (nSPS) is 18.1. The van der Waals surface area contributed by atoms with Gasteiger partial charge in [-0.2, -0.15) is 0 Å². The van der Waals surface area contributed by atoms with Crippen molar-refractivity contribution >= 4 is 0 Å². The van der Waals surface area contributed by atoms with Crippen LogP contribution in [-0.2, 0) is 17.9 Å². The second kappa shape index (κ2) is 6.85. The topological polar surface area (TPSA) is 27.7 Å². The standard InChI is InChI=1S/C14H23N3O/c1-16-6-8-17(9-7-16)15-11-13-4-3-5-14(10-13)12-18-2/h3-5,10,15H,6-9,11-12H2,1-2H3. The first-order valence-electron chi connectivity index (χ1n) is 6.51. The average molecular weight is 249 g/mol. The summed E-state index contributed by atoms with van der Waals surface area (Å²) in [6, 6.07) is 8.55. The zero-order valence-corrected chi connectivity index (χ0v) is 11.4. The van der Waals surface area contributed by atoms with Gasteiger partial charge in [-0.05, 0) is 18.2 Å². The lowest BCUT2D eigenvalue weighted by molar-refractivity contribution is 0.102. The fourth-order valence-electron chi connectivity index (χ4n) is 2.16. The predicted molar refractivity (Wildman–Crippen MR) is 73.1 cm³/mol. The van der Waals surface area contributed by atoms with E-state index < -0.39 is 0 Å². The molecule has 1 aromatic carbocycles. The quantitative estimate of drug-likeness (QED) is 0.845. The van der Waals surface area contributed by atoms with Crippen LogP contribution in [0.5, 0.6) is 0 Å². The molecule has 4 nitrogen and oxygen atoms in total. The van der Waals surface area contributed by atoms with Crippen molar-refractivity contribution in [2.45, 2.75) is 13.2 Å². The van der Waals surface area contributed by atoms with Gasteiger partial charge in [0.25, 0.3) is 0 Å². The van der Waals surface area contributed by atoms with Gasteiger partial charge in [-0.15, -0.1) is 0 Å². The summed E-state index contributed by atoms with van der Waals surface area (Å²) in [6.07, 6.45) is 0. The molecule has 1 N–H and O–H groups in total. The number of hydrogen-bond acceptors (Lipinski definition) is 4. The van der Waals surface area contributed by atoms with Gasteiger partial charge >= 0.3 is 0 Å². The van der Waals surface area contributed by atoms with E-state index in [0.29, 0.717) is 6.61 Å². The van der Waals surface area contributed by atoms with Gasteiger partial charge < -0.3 is 9.64 Å². The molecule has 0 unspecified atom stereocenters. The molecule has 0 bridgehead atoms. The molecule has 0 amide bonds. The molecule has 1 fully saturated rings. The summed E-state index contributed by atoms with van der Waals surface area (Å²) in [6.45, 7) is 6.03. The monoisotopic (exact) mass is 249 g/mol. The van der Waals surface area contributed by atoms with E-state index in [4.69, 9.17) is 4.74 Å². The highest BCUT2D eigenvalue weighted by Crippen LogP contribution is 2.07. The Morgan fingerprint density at radius 2 is 1.89 bits per heavy atom. The summed E-state index contributed by atoms with van der Waals surface area (Å²) in [5.74, 6) is 0. The molecular formula is C14H23N3O. The fourth-order valence-corrected chi connectivity index (χ4v) is 2.16. The van der Waals surface area contributed by atoms with E-state index in [0.717, 1.165) is 32.7 Å². The number of hydrazine groups is 1. The van der Waals surface area contributed by atoms with Crippen molar-refractivity contribution in [3.05, 3.63) is 35.4 Å². The number of ether oxygens (including phenoxy) is 1. The molecule has 1 saturated heterocycles. The number of hydrogen-bond donors (Lipinski definition) is 1. The molecular weight excluding hydrogens is 226 g/mol. The number of benzene rings is 1. The first kappa shape index (κ1) is 13.5. The Labute approximate surface area is 109 Å². The maximum Gasteiger partial charge on any atom is 0.0713 e. The van der Waals surface area contributed by atoms with Crippen LogP contribution in [0.15, 0.2) is 24.3 Å². The summed E-state index contributed by atoms with van der Waals surface area (Å²) in [5.41, 5.74) is 6.03. The van der Waals surface area contributed by atoms with Crippen molar-refractivity contribution < 1.29 is 4.74 Å². The molecule has 1 heterocycles. The van der Waals surface area contributed by atoms with Gasteiger partial charge in [0.1, 0.15) is 0 Å². The average Bonchev–Trinajstić information content (AvgIpc) is 2.39. The Bertz CT molecular complexity index is 362. The minimum absolute atomic E-state index is 0.683. The lowest BCUT2D eigenvalue weighted by Crippen LogP contribution is -2.50. The molecule has 2 rings (SSSR count). The molecule has 0 radical (unpaired) electrons. The minimum Gasteiger partial charge on any atom is -0.380 e. The third-order valence-electron chi connectivity index (χ3n) is 3.31. The van der Waals surface area contributed by atoms with Gasteiger partial charge in [0.15, 0.2) is 0 Å². The number of nitrogens with one attached hydrogen (secondary N) is 1. The molecule has 18 heavy (non-hydrogen) atoms. The van der Waals surface area contributed by atoms with E-state index in [2.05, 4.69) is 46.6 Å². The smallest absolute Gasteiger partial charge is 0.0713 e. The second-order valence-corrected chi connectivity index (χ2v) is 4.88. The highest BCUT2D eigenvalue weighted by molar-refractivity contribution is 5.22. The molecule has 1 aliphatic heterocycles. The van der Waals surface area contributed by atoms with Gasteiger partial charge in [0.05, 0.1) is 6.61 Å². The molecule has 4 heteroatoms. The lowest BCUT2D eigenvalue weighted by Gasteiger charge is -2.32. The van der Waals surface area contributed by atoms with Crippen molar-refractivity contribution in [2.75, 3.05) is 40.3 Å². The summed E-state index contributed by atoms with van der Waals surface area (Å²) in [5, 5.41) is 2.31. The number of likely N-dealkylation sites (N-methyl/N-ethyl adjacent to an activating group) is 1. The summed E-state index contributed by atoms with van der Waals surface area (Å²) in [7, 11) is 3.90. The lowest BCUT2D eigenvalue weighted by atomic mass is 10.1. The maximum atomic E-state index is 5.15. The molecule has 0 aliphatic carbocycles. The molecule has 1 aliphatic rings. The van der Waals surface area contributed by atoms with E-state index in [9.17, 15) is 0 Å². The van der Waals surface area contributed by atoms with Crippen LogP contribution in [0.2, 0.25) is 0 Å². The summed E-state index contributed by atoms with van der Waals surface area (Å²) >= 11 is 0. The molecule has 100 valence electrons. The summed E-state index contributed by atoms with van der Waals surface area (Å²) in [4.78, 5) is 2.36. The van der Waals surface area contributed by atoms with Gasteiger partial charge in [-0.3, -0.25) is 5.43 Å². The van der Waals surface area contributed by atoms with Crippen molar-refractivity contribution in [3.8, 4) is 0 Å². The van der Waals surface area contributed by atoms with Gasteiger partial charge in [-0.25, -0.2) is 5.01 Å². The van der Waals surface area contributed by atoms with E-state index in [1.807, 2.05) is 0 Å². The van der Waals surface area contributed by atoms with Crippen LogP contribution in [0.3, 0.4) is 0 Å². The zero-order valence-electron chi connectivity index (χ0n) is 11.4. The molecule has 1 aromatic rings. The Hall–Kier alpha value is -0.940. The van der Waals surface area contributed by atoms with Crippen LogP contribution >= 0.6 is 0 Å². The number of piperazine rings is 1. The van der Waals surface area contributed by atoms with Crippen LogP contribution in [0, 0.1) is 0 Å². The highest BCUT2D eigenvalue weighted by Gasteiger charge is 2.12. The first-order valence-corrected chi connectivity index (χ1v) is 6.51. The second-order valence-electron chi connectivity index (χ2n) is 4.88. The third-order valence-corrected chi connectivity index (χ3v) is 3.31. The number of rotatable bonds is 5. The Balaban J connectivity index is 1.80. The molecule has 0 atom stereocenters. The van der Waals surface area contributed by atoms with Gasteiger partial charge in [0, 0.05) is 39.8 Å². The number of methoxy groups -OCH3 is 1. The Morgan fingerprint density at radius 1 is 1.17 bits per heavy atom. The predicted octanol–water partition coefficient (Wildman–Crippen LogP) is 1.08. The van der Waals surface area contributed by atoms with Gasteiger partial charge in [0.2, 0.25) is 0 Å². The van der Waals surface area contributed by atoms with Crippen LogP contribution in [0.4, 0.5) is 0 Å². The highest BCUT2D eigenvalue weighted by atomic mass is 16.5. The fraction of sp³-hybridized carbons (Fsp3) is 0.571. The first-order chi connectivity index (χ1) is 8.78. The van der Waals surface area contributed by atoms with Crippen molar-refractivity contribution in [1.29, 1.82) is 0 Å². The molecule has 0 aromatic heterocycles. The minimum atomic E-state index is 0.683. The maximum absolute atomic E-state index is 5.15. The number of nitrogens with zero attached hydrogens (tertiary/aromatic N) is 2. The van der Waals surface area contributed by atoms with Crippen molar-refractivity contribution in [1.82, 2.24) is 15.3 Å². The van der Waals surface area contributed by atoms with E-state index in [1.54, 1.807) is 7.11 Å². The largest absolute Gasteiger partial charge is 0.380 e. The third kappa shape index (κ3) is 4.07. The van der Waals surface area contributed by atoms with Crippen molar-refractivity contribution in [2.24, 2.45) is 0 Å². The van der Waals surface area contributed by atoms with Crippen LogP contribution in [-0.4, -0.2) is 50.2 Å². The van der Waals surface area contributed by atoms with Gasteiger partial charge in [-0.1, -0.05) is 24.3 Å². The Kier molecular flexibility index (Phi) is 5.13. The van der Waals surface area contributed by atoms with E-state index >= 15 is 0 Å². The van der Waals surface area contributed by atoms with Crippen LogP contribution in [0.25, 0.3) is 0 Å². The van der Waals surface area contributed by atoms with E-state index in [1.165, 1.54) is 11.1 Å². The SMILES string of the molecule is COCc1cccc(CNN2CCN(C)CC2)c1. The van der Waals surface area contributed by atoms with Crippen molar-refractivity contribution in [3.63, 3.8) is 0 Å².